The van der Waals surface area contributed by atoms with Crippen LogP contribution in [0.5, 0.6) is 0 Å². The smallest absolute Gasteiger partial charge is 0.338 e. The standard InChI is InChI=1S/C14H15FO5/c1-4-9(16)7-10-11(13(17)19-2)5-8(15)6-12(10)14(18)20-3/h5-6H,4,7H2,1-3H3. The summed E-state index contributed by atoms with van der Waals surface area (Å²) in [4.78, 5) is 34.9. The van der Waals surface area contributed by atoms with Gasteiger partial charge in [-0.25, -0.2) is 14.0 Å². The molecule has 1 aromatic carbocycles. The first-order chi connectivity index (χ1) is 9.44. The van der Waals surface area contributed by atoms with E-state index in [0.29, 0.717) is 0 Å². The zero-order chi connectivity index (χ0) is 15.3. The van der Waals surface area contributed by atoms with Crippen LogP contribution in [-0.2, 0) is 20.7 Å². The average molecular weight is 282 g/mol. The van der Waals surface area contributed by atoms with Gasteiger partial charge in [0.05, 0.1) is 25.3 Å². The number of carbonyl (C=O) groups excluding carboxylic acids is 3. The molecule has 0 aliphatic rings. The molecule has 0 aromatic heterocycles. The molecule has 0 aliphatic heterocycles. The third-order valence-electron chi connectivity index (χ3n) is 2.79. The lowest BCUT2D eigenvalue weighted by Gasteiger charge is -2.12. The fraction of sp³-hybridized carbons (Fsp3) is 0.357. The van der Waals surface area contributed by atoms with Gasteiger partial charge >= 0.3 is 11.9 Å². The van der Waals surface area contributed by atoms with E-state index >= 15 is 0 Å². The van der Waals surface area contributed by atoms with Crippen molar-refractivity contribution in [3.8, 4) is 0 Å². The Bertz CT molecular complexity index is 513. The van der Waals surface area contributed by atoms with Crippen molar-refractivity contribution in [3.05, 3.63) is 34.6 Å². The molecule has 1 rings (SSSR count). The van der Waals surface area contributed by atoms with Crippen LogP contribution in [0.2, 0.25) is 0 Å². The molecule has 0 unspecified atom stereocenters. The third kappa shape index (κ3) is 3.40. The van der Waals surface area contributed by atoms with Crippen molar-refractivity contribution in [1.82, 2.24) is 0 Å². The Morgan fingerprint density at radius 3 is 1.85 bits per heavy atom. The van der Waals surface area contributed by atoms with Crippen molar-refractivity contribution >= 4 is 17.7 Å². The van der Waals surface area contributed by atoms with E-state index < -0.39 is 17.8 Å². The van der Waals surface area contributed by atoms with E-state index in [4.69, 9.17) is 0 Å². The average Bonchev–Trinajstić information content (AvgIpc) is 2.46. The Morgan fingerprint density at radius 1 is 1.05 bits per heavy atom. The van der Waals surface area contributed by atoms with E-state index in [1.54, 1.807) is 6.92 Å². The molecule has 0 bridgehead atoms. The molecule has 6 heteroatoms. The number of rotatable bonds is 5. The first kappa shape index (κ1) is 15.8. The van der Waals surface area contributed by atoms with E-state index in [-0.39, 0.29) is 35.3 Å². The molecule has 0 heterocycles. The number of hydrogen-bond donors (Lipinski definition) is 0. The van der Waals surface area contributed by atoms with Crippen LogP contribution < -0.4 is 0 Å². The van der Waals surface area contributed by atoms with Crippen LogP contribution in [0.3, 0.4) is 0 Å². The van der Waals surface area contributed by atoms with Gasteiger partial charge in [0.2, 0.25) is 0 Å². The normalized spacial score (nSPS) is 10.0. The second kappa shape index (κ2) is 6.79. The Hall–Kier alpha value is -2.24. The number of benzene rings is 1. The van der Waals surface area contributed by atoms with Crippen LogP contribution in [-0.4, -0.2) is 31.9 Å². The summed E-state index contributed by atoms with van der Waals surface area (Å²) in [7, 11) is 2.27. The molecule has 1 aromatic rings. The van der Waals surface area contributed by atoms with Crippen molar-refractivity contribution in [2.45, 2.75) is 19.8 Å². The lowest BCUT2D eigenvalue weighted by Crippen LogP contribution is -2.16. The molecule has 5 nitrogen and oxygen atoms in total. The summed E-state index contributed by atoms with van der Waals surface area (Å²) in [5, 5.41) is 0. The molecule has 20 heavy (non-hydrogen) atoms. The molecule has 0 atom stereocenters. The Labute approximate surface area is 115 Å². The minimum Gasteiger partial charge on any atom is -0.465 e. The molecule has 0 saturated heterocycles. The van der Waals surface area contributed by atoms with Crippen molar-refractivity contribution in [3.63, 3.8) is 0 Å². The monoisotopic (exact) mass is 282 g/mol. The summed E-state index contributed by atoms with van der Waals surface area (Å²) in [6, 6.07) is 1.88. The van der Waals surface area contributed by atoms with Gasteiger partial charge in [-0.1, -0.05) is 6.92 Å². The van der Waals surface area contributed by atoms with Crippen LogP contribution in [0.4, 0.5) is 4.39 Å². The highest BCUT2D eigenvalue weighted by atomic mass is 19.1. The van der Waals surface area contributed by atoms with Crippen molar-refractivity contribution in [1.29, 1.82) is 0 Å². The van der Waals surface area contributed by atoms with Gasteiger partial charge in [0.25, 0.3) is 0 Å². The maximum atomic E-state index is 13.5. The fourth-order valence-electron chi connectivity index (χ4n) is 1.73. The lowest BCUT2D eigenvalue weighted by molar-refractivity contribution is -0.118. The maximum Gasteiger partial charge on any atom is 0.338 e. The summed E-state index contributed by atoms with van der Waals surface area (Å²) in [6.07, 6.45) is 0.0737. The van der Waals surface area contributed by atoms with Crippen LogP contribution in [0.25, 0.3) is 0 Å². The maximum absolute atomic E-state index is 13.5. The largest absolute Gasteiger partial charge is 0.465 e. The molecule has 0 amide bonds. The first-order valence-corrected chi connectivity index (χ1v) is 5.95. The highest BCUT2D eigenvalue weighted by molar-refractivity contribution is 6.00. The molecule has 0 N–H and O–H groups in total. The quantitative estimate of drug-likeness (QED) is 0.772. The van der Waals surface area contributed by atoms with Crippen LogP contribution in [0.15, 0.2) is 12.1 Å². The number of hydrogen-bond acceptors (Lipinski definition) is 5. The van der Waals surface area contributed by atoms with Gasteiger partial charge in [-0.3, -0.25) is 4.79 Å². The predicted octanol–water partition coefficient (Wildman–Crippen LogP) is 1.92. The van der Waals surface area contributed by atoms with Crippen molar-refractivity contribution < 1.29 is 28.2 Å². The molecular formula is C14H15FO5. The van der Waals surface area contributed by atoms with E-state index in [9.17, 15) is 18.8 Å². The Morgan fingerprint density at radius 2 is 1.50 bits per heavy atom. The summed E-state index contributed by atoms with van der Waals surface area (Å²) < 4.78 is 22.6. The Kier molecular flexibility index (Phi) is 5.37. The van der Waals surface area contributed by atoms with Gasteiger partial charge in [0, 0.05) is 12.8 Å². The number of methoxy groups -OCH3 is 2. The molecule has 0 radical (unpaired) electrons. The number of halogens is 1. The molecule has 0 fully saturated rings. The number of ketones is 1. The summed E-state index contributed by atoms with van der Waals surface area (Å²) >= 11 is 0. The number of esters is 2. The number of Topliss-reactive ketones (excluding diaryl/α,β-unsaturated/α-hetero) is 1. The van der Waals surface area contributed by atoms with Gasteiger partial charge in [0.15, 0.2) is 0 Å². The zero-order valence-corrected chi connectivity index (χ0v) is 11.5. The number of carbonyl (C=O) groups is 3. The van der Waals surface area contributed by atoms with Crippen LogP contribution >= 0.6 is 0 Å². The molecule has 0 spiro atoms. The van der Waals surface area contributed by atoms with Crippen LogP contribution in [0, 0.1) is 5.82 Å². The van der Waals surface area contributed by atoms with E-state index in [1.807, 2.05) is 0 Å². The summed E-state index contributed by atoms with van der Waals surface area (Å²) in [5.74, 6) is -2.59. The van der Waals surface area contributed by atoms with E-state index in [1.165, 1.54) is 0 Å². The predicted molar refractivity (Wildman–Crippen MR) is 68.1 cm³/mol. The Balaban J connectivity index is 3.48. The fourth-order valence-corrected chi connectivity index (χ4v) is 1.73. The molecule has 0 saturated carbocycles. The number of ether oxygens (including phenoxy) is 2. The molecule has 108 valence electrons. The summed E-state index contributed by atoms with van der Waals surface area (Å²) in [5.41, 5.74) is -0.165. The van der Waals surface area contributed by atoms with Gasteiger partial charge in [-0.2, -0.15) is 0 Å². The van der Waals surface area contributed by atoms with E-state index in [2.05, 4.69) is 9.47 Å². The van der Waals surface area contributed by atoms with Gasteiger partial charge in [-0.15, -0.1) is 0 Å². The van der Waals surface area contributed by atoms with Gasteiger partial charge in [-0.05, 0) is 17.7 Å². The minimum atomic E-state index is -0.812. The van der Waals surface area contributed by atoms with E-state index in [0.717, 1.165) is 26.4 Å². The topological polar surface area (TPSA) is 69.7 Å². The second-order valence-corrected chi connectivity index (χ2v) is 4.03. The highest BCUT2D eigenvalue weighted by Crippen LogP contribution is 2.21. The zero-order valence-electron chi connectivity index (χ0n) is 11.5. The lowest BCUT2D eigenvalue weighted by atomic mass is 9.95. The first-order valence-electron chi connectivity index (χ1n) is 5.95. The second-order valence-electron chi connectivity index (χ2n) is 4.03. The summed E-state index contributed by atoms with van der Waals surface area (Å²) in [6.45, 7) is 1.65. The highest BCUT2D eigenvalue weighted by Gasteiger charge is 2.23. The van der Waals surface area contributed by atoms with Crippen LogP contribution in [0.1, 0.15) is 39.6 Å². The van der Waals surface area contributed by atoms with Crippen molar-refractivity contribution in [2.24, 2.45) is 0 Å². The van der Waals surface area contributed by atoms with Gasteiger partial charge < -0.3 is 9.47 Å². The molecule has 0 aliphatic carbocycles. The molecular weight excluding hydrogens is 267 g/mol. The van der Waals surface area contributed by atoms with Gasteiger partial charge in [0.1, 0.15) is 11.6 Å². The SMILES string of the molecule is CCC(=O)Cc1c(C(=O)OC)cc(F)cc1C(=O)OC. The minimum absolute atomic E-state index is 0.122. The third-order valence-corrected chi connectivity index (χ3v) is 2.79. The van der Waals surface area contributed by atoms with Crippen molar-refractivity contribution in [2.75, 3.05) is 14.2 Å².